The second-order valence-corrected chi connectivity index (χ2v) is 6.10. The normalized spacial score (nSPS) is 11.7. The molecule has 0 aliphatic heterocycles. The van der Waals surface area contributed by atoms with Crippen molar-refractivity contribution in [3.63, 3.8) is 0 Å². The lowest BCUT2D eigenvalue weighted by Crippen LogP contribution is -2.15. The second kappa shape index (κ2) is 7.96. The van der Waals surface area contributed by atoms with E-state index in [-0.39, 0.29) is 5.97 Å². The zero-order valence-corrected chi connectivity index (χ0v) is 13.3. The van der Waals surface area contributed by atoms with Crippen molar-refractivity contribution >= 4 is 34.1 Å². The largest absolute Gasteiger partial charge is 0.465 e. The molecule has 108 valence electrons. The van der Waals surface area contributed by atoms with E-state index in [0.717, 1.165) is 11.1 Å². The van der Waals surface area contributed by atoms with Gasteiger partial charge in [-0.2, -0.15) is 0 Å². The summed E-state index contributed by atoms with van der Waals surface area (Å²) in [6.07, 6.45) is 0. The molecule has 0 fully saturated rings. The topological polar surface area (TPSA) is 26.3 Å². The van der Waals surface area contributed by atoms with E-state index in [9.17, 15) is 4.79 Å². The lowest BCUT2D eigenvalue weighted by molar-refractivity contribution is -0.142. The highest BCUT2D eigenvalue weighted by atomic mass is 32.2. The van der Waals surface area contributed by atoms with Crippen LogP contribution in [0.4, 0.5) is 0 Å². The van der Waals surface area contributed by atoms with Crippen molar-refractivity contribution < 1.29 is 9.53 Å². The molecule has 21 heavy (non-hydrogen) atoms. The molecule has 2 nitrogen and oxygen atoms in total. The van der Waals surface area contributed by atoms with Crippen molar-refractivity contribution in [1.82, 2.24) is 0 Å². The summed E-state index contributed by atoms with van der Waals surface area (Å²) in [7, 11) is 0. The van der Waals surface area contributed by atoms with E-state index >= 15 is 0 Å². The fourth-order valence-corrected chi connectivity index (χ4v) is 3.22. The number of thiocarbonyl (C=S) groups is 1. The highest BCUT2D eigenvalue weighted by molar-refractivity contribution is 8.24. The SMILES string of the molecule is CCOC(=O)[C@H](SC(=S)c1ccccc1)c1ccccc1. The van der Waals surface area contributed by atoms with Gasteiger partial charge in [-0.25, -0.2) is 0 Å². The minimum Gasteiger partial charge on any atom is -0.465 e. The van der Waals surface area contributed by atoms with Gasteiger partial charge in [0.05, 0.1) is 10.8 Å². The van der Waals surface area contributed by atoms with Crippen LogP contribution in [0.5, 0.6) is 0 Å². The third kappa shape index (κ3) is 4.41. The summed E-state index contributed by atoms with van der Waals surface area (Å²) in [5.74, 6) is -0.257. The van der Waals surface area contributed by atoms with Crippen LogP contribution < -0.4 is 0 Å². The summed E-state index contributed by atoms with van der Waals surface area (Å²) in [6, 6.07) is 19.3. The minimum atomic E-state index is -0.432. The smallest absolute Gasteiger partial charge is 0.323 e. The Labute approximate surface area is 134 Å². The van der Waals surface area contributed by atoms with Gasteiger partial charge < -0.3 is 4.74 Å². The zero-order valence-electron chi connectivity index (χ0n) is 11.7. The summed E-state index contributed by atoms with van der Waals surface area (Å²) in [4.78, 5) is 12.2. The number of carbonyl (C=O) groups is 1. The van der Waals surface area contributed by atoms with Crippen molar-refractivity contribution in [2.24, 2.45) is 0 Å². The predicted molar refractivity (Wildman–Crippen MR) is 91.5 cm³/mol. The quantitative estimate of drug-likeness (QED) is 0.603. The summed E-state index contributed by atoms with van der Waals surface area (Å²) < 4.78 is 5.87. The number of esters is 1. The lowest BCUT2D eigenvalue weighted by atomic mass is 10.1. The molecule has 0 saturated carbocycles. The van der Waals surface area contributed by atoms with Crippen molar-refractivity contribution in [3.8, 4) is 0 Å². The van der Waals surface area contributed by atoms with E-state index in [4.69, 9.17) is 17.0 Å². The number of benzene rings is 2. The highest BCUT2D eigenvalue weighted by Gasteiger charge is 2.24. The molecule has 0 saturated heterocycles. The van der Waals surface area contributed by atoms with E-state index in [0.29, 0.717) is 10.8 Å². The molecule has 0 amide bonds. The number of hydrogen-bond acceptors (Lipinski definition) is 4. The van der Waals surface area contributed by atoms with Gasteiger partial charge in [-0.3, -0.25) is 4.79 Å². The van der Waals surface area contributed by atoms with Gasteiger partial charge in [-0.1, -0.05) is 84.6 Å². The zero-order chi connectivity index (χ0) is 15.1. The minimum absolute atomic E-state index is 0.257. The highest BCUT2D eigenvalue weighted by Crippen LogP contribution is 2.33. The fraction of sp³-hybridized carbons (Fsp3) is 0.176. The second-order valence-electron chi connectivity index (χ2n) is 4.31. The van der Waals surface area contributed by atoms with Crippen LogP contribution in [0.1, 0.15) is 23.3 Å². The Morgan fingerprint density at radius 2 is 1.67 bits per heavy atom. The van der Waals surface area contributed by atoms with Gasteiger partial charge in [-0.05, 0) is 18.1 Å². The Morgan fingerprint density at radius 1 is 1.10 bits per heavy atom. The summed E-state index contributed by atoms with van der Waals surface area (Å²) in [5, 5.41) is -0.432. The number of hydrogen-bond donors (Lipinski definition) is 0. The van der Waals surface area contributed by atoms with E-state index < -0.39 is 5.25 Å². The maximum absolute atomic E-state index is 12.2. The molecule has 0 spiro atoms. The van der Waals surface area contributed by atoms with Crippen LogP contribution in [0.25, 0.3) is 0 Å². The first-order valence-corrected chi connectivity index (χ1v) is 7.98. The van der Waals surface area contributed by atoms with Gasteiger partial charge in [0.25, 0.3) is 0 Å². The van der Waals surface area contributed by atoms with E-state index in [1.54, 1.807) is 6.92 Å². The first-order chi connectivity index (χ1) is 10.2. The van der Waals surface area contributed by atoms with Gasteiger partial charge in [-0.15, -0.1) is 0 Å². The molecule has 0 aromatic heterocycles. The van der Waals surface area contributed by atoms with Crippen molar-refractivity contribution in [1.29, 1.82) is 0 Å². The summed E-state index contributed by atoms with van der Waals surface area (Å²) in [6.45, 7) is 2.17. The number of ether oxygens (including phenoxy) is 1. The molecular formula is C17H16O2S2. The van der Waals surface area contributed by atoms with Crippen LogP contribution in [0.3, 0.4) is 0 Å². The van der Waals surface area contributed by atoms with Crippen LogP contribution in [-0.4, -0.2) is 16.8 Å². The number of carbonyl (C=O) groups excluding carboxylic acids is 1. The molecule has 1 atom stereocenters. The molecule has 2 aromatic carbocycles. The standard InChI is InChI=1S/C17H16O2S2/c1-2-19-16(18)15(13-9-5-3-6-10-13)21-17(20)14-11-7-4-8-12-14/h3-12,15H,2H2,1H3/t15-/m1/s1. The van der Waals surface area contributed by atoms with Gasteiger partial charge >= 0.3 is 5.97 Å². The molecule has 0 bridgehead atoms. The third-order valence-electron chi connectivity index (χ3n) is 2.84. The molecule has 0 aliphatic rings. The first kappa shape index (κ1) is 15.7. The van der Waals surface area contributed by atoms with Crippen molar-refractivity contribution in [2.75, 3.05) is 6.61 Å². The Balaban J connectivity index is 2.20. The lowest BCUT2D eigenvalue weighted by Gasteiger charge is -2.16. The Kier molecular flexibility index (Phi) is 5.96. The monoisotopic (exact) mass is 316 g/mol. The van der Waals surface area contributed by atoms with E-state index in [1.165, 1.54) is 11.8 Å². The molecule has 2 aromatic rings. The molecule has 4 heteroatoms. The predicted octanol–water partition coefficient (Wildman–Crippen LogP) is 4.40. The maximum Gasteiger partial charge on any atom is 0.323 e. The van der Waals surface area contributed by atoms with Gasteiger partial charge in [0, 0.05) is 0 Å². The Morgan fingerprint density at radius 3 is 2.24 bits per heavy atom. The molecule has 2 rings (SSSR count). The van der Waals surface area contributed by atoms with Gasteiger partial charge in [0.15, 0.2) is 0 Å². The molecule has 0 radical (unpaired) electrons. The van der Waals surface area contributed by atoms with Crippen LogP contribution in [-0.2, 0) is 9.53 Å². The van der Waals surface area contributed by atoms with Crippen LogP contribution in [0.15, 0.2) is 60.7 Å². The van der Waals surface area contributed by atoms with Crippen LogP contribution in [0.2, 0.25) is 0 Å². The molecule has 0 N–H and O–H groups in total. The Hall–Kier alpha value is -1.65. The van der Waals surface area contributed by atoms with Gasteiger partial charge in [0.1, 0.15) is 5.25 Å². The van der Waals surface area contributed by atoms with Gasteiger partial charge in [0.2, 0.25) is 0 Å². The van der Waals surface area contributed by atoms with Crippen LogP contribution in [0, 0.1) is 0 Å². The first-order valence-electron chi connectivity index (χ1n) is 6.70. The van der Waals surface area contributed by atoms with Crippen molar-refractivity contribution in [2.45, 2.75) is 12.2 Å². The Bertz CT molecular complexity index is 597. The molecule has 0 heterocycles. The maximum atomic E-state index is 12.2. The third-order valence-corrected chi connectivity index (χ3v) is 4.51. The van der Waals surface area contributed by atoms with E-state index in [2.05, 4.69) is 0 Å². The molecule has 0 aliphatic carbocycles. The fourth-order valence-electron chi connectivity index (χ4n) is 1.85. The number of rotatable bonds is 5. The van der Waals surface area contributed by atoms with Crippen LogP contribution >= 0.6 is 24.0 Å². The van der Waals surface area contributed by atoms with E-state index in [1.807, 2.05) is 60.7 Å². The molecular weight excluding hydrogens is 300 g/mol. The average Bonchev–Trinajstić information content (AvgIpc) is 2.54. The van der Waals surface area contributed by atoms with Crippen molar-refractivity contribution in [3.05, 3.63) is 71.8 Å². The summed E-state index contributed by atoms with van der Waals surface area (Å²) >= 11 is 6.81. The molecule has 0 unspecified atom stereocenters. The number of thioether (sulfide) groups is 1. The summed E-state index contributed by atoms with van der Waals surface area (Å²) in [5.41, 5.74) is 1.85. The average molecular weight is 316 g/mol.